The van der Waals surface area contributed by atoms with Crippen LogP contribution in [0.25, 0.3) is 0 Å². The average Bonchev–Trinajstić information content (AvgIpc) is 2.89. The SMILES string of the molecule is CCCC(OC)OC(=O)c1ccc(C(=O)Nc2ccc(NC(=O)c3ccc(C(C)=O)cc3)cc2)cc1. The first-order valence-corrected chi connectivity index (χ1v) is 11.5. The van der Waals surface area contributed by atoms with E-state index in [0.29, 0.717) is 40.0 Å². The summed E-state index contributed by atoms with van der Waals surface area (Å²) in [7, 11) is 1.48. The van der Waals surface area contributed by atoms with Gasteiger partial charge in [-0.15, -0.1) is 0 Å². The molecule has 2 N–H and O–H groups in total. The monoisotopic (exact) mass is 488 g/mol. The van der Waals surface area contributed by atoms with Crippen LogP contribution < -0.4 is 10.6 Å². The quantitative estimate of drug-likeness (QED) is 0.227. The van der Waals surface area contributed by atoms with Gasteiger partial charge in [0.05, 0.1) is 5.56 Å². The number of carbonyl (C=O) groups is 4. The van der Waals surface area contributed by atoms with Crippen LogP contribution in [-0.2, 0) is 9.47 Å². The van der Waals surface area contributed by atoms with Crippen molar-refractivity contribution < 1.29 is 28.7 Å². The minimum Gasteiger partial charge on any atom is -0.432 e. The lowest BCUT2D eigenvalue weighted by Gasteiger charge is -2.15. The zero-order valence-corrected chi connectivity index (χ0v) is 20.4. The van der Waals surface area contributed by atoms with E-state index in [1.807, 2.05) is 6.92 Å². The number of hydrogen-bond acceptors (Lipinski definition) is 6. The van der Waals surface area contributed by atoms with E-state index < -0.39 is 12.3 Å². The molecule has 0 fully saturated rings. The van der Waals surface area contributed by atoms with Crippen LogP contribution in [0.1, 0.15) is 68.1 Å². The number of ketones is 1. The van der Waals surface area contributed by atoms with Gasteiger partial charge in [-0.25, -0.2) is 4.79 Å². The number of benzene rings is 3. The first-order valence-electron chi connectivity index (χ1n) is 11.5. The number of nitrogens with one attached hydrogen (secondary N) is 2. The summed E-state index contributed by atoms with van der Waals surface area (Å²) in [5.41, 5.74) is 2.74. The molecule has 0 aliphatic heterocycles. The highest BCUT2D eigenvalue weighted by Crippen LogP contribution is 2.17. The largest absolute Gasteiger partial charge is 0.432 e. The Bertz CT molecular complexity index is 1220. The molecule has 3 aromatic carbocycles. The molecule has 1 atom stereocenters. The van der Waals surface area contributed by atoms with Crippen LogP contribution in [0.4, 0.5) is 11.4 Å². The molecular weight excluding hydrogens is 460 g/mol. The molecule has 0 aliphatic rings. The predicted molar refractivity (Wildman–Crippen MR) is 136 cm³/mol. The fraction of sp³-hybridized carbons (Fsp3) is 0.214. The van der Waals surface area contributed by atoms with E-state index >= 15 is 0 Å². The van der Waals surface area contributed by atoms with Crippen molar-refractivity contribution in [3.63, 3.8) is 0 Å². The summed E-state index contributed by atoms with van der Waals surface area (Å²) < 4.78 is 10.4. The van der Waals surface area contributed by atoms with Crippen LogP contribution in [0, 0.1) is 0 Å². The number of methoxy groups -OCH3 is 1. The number of amides is 2. The van der Waals surface area contributed by atoms with Gasteiger partial charge in [0, 0.05) is 41.6 Å². The first kappa shape index (κ1) is 26.3. The number of esters is 1. The highest BCUT2D eigenvalue weighted by molar-refractivity contribution is 6.06. The average molecular weight is 489 g/mol. The molecule has 36 heavy (non-hydrogen) atoms. The second-order valence-electron chi connectivity index (χ2n) is 8.06. The van der Waals surface area contributed by atoms with Crippen LogP contribution in [0.15, 0.2) is 72.8 Å². The summed E-state index contributed by atoms with van der Waals surface area (Å²) in [6, 6.07) is 19.2. The molecule has 0 spiro atoms. The Balaban J connectivity index is 1.56. The highest BCUT2D eigenvalue weighted by Gasteiger charge is 2.15. The summed E-state index contributed by atoms with van der Waals surface area (Å²) in [4.78, 5) is 48.6. The van der Waals surface area contributed by atoms with Crippen LogP contribution in [-0.4, -0.2) is 37.0 Å². The topological polar surface area (TPSA) is 111 Å². The molecule has 0 heterocycles. The molecule has 186 valence electrons. The van der Waals surface area contributed by atoms with Gasteiger partial charge in [0.1, 0.15) is 0 Å². The lowest BCUT2D eigenvalue weighted by molar-refractivity contribution is -0.0933. The van der Waals surface area contributed by atoms with Crippen LogP contribution in [0.5, 0.6) is 0 Å². The van der Waals surface area contributed by atoms with E-state index in [4.69, 9.17) is 9.47 Å². The normalized spacial score (nSPS) is 11.3. The van der Waals surface area contributed by atoms with E-state index in [2.05, 4.69) is 10.6 Å². The Morgan fingerprint density at radius 3 is 1.50 bits per heavy atom. The smallest absolute Gasteiger partial charge is 0.340 e. The minimum atomic E-state index is -0.606. The molecule has 8 heteroatoms. The van der Waals surface area contributed by atoms with Gasteiger partial charge < -0.3 is 20.1 Å². The number of Topliss-reactive ketones (excluding diaryl/α,β-unsaturated/α-hetero) is 1. The number of ether oxygens (including phenoxy) is 2. The third-order valence-electron chi connectivity index (χ3n) is 5.36. The van der Waals surface area contributed by atoms with Crippen molar-refractivity contribution in [2.75, 3.05) is 17.7 Å². The number of hydrogen-bond donors (Lipinski definition) is 2. The van der Waals surface area contributed by atoms with Crippen molar-refractivity contribution >= 4 is 34.9 Å². The Labute approximate surface area is 209 Å². The Kier molecular flexibility index (Phi) is 9.07. The van der Waals surface area contributed by atoms with E-state index in [-0.39, 0.29) is 17.6 Å². The van der Waals surface area contributed by atoms with E-state index in [1.54, 1.807) is 60.7 Å². The Hall–Kier alpha value is -4.30. The molecule has 0 aliphatic carbocycles. The van der Waals surface area contributed by atoms with Crippen LogP contribution >= 0.6 is 0 Å². The molecule has 0 saturated heterocycles. The zero-order chi connectivity index (χ0) is 26.1. The second-order valence-corrected chi connectivity index (χ2v) is 8.06. The molecular formula is C28H28N2O6. The maximum Gasteiger partial charge on any atom is 0.340 e. The summed E-state index contributed by atoms with van der Waals surface area (Å²) in [5.74, 6) is -1.25. The fourth-order valence-electron chi connectivity index (χ4n) is 3.31. The van der Waals surface area contributed by atoms with Crippen molar-refractivity contribution in [3.8, 4) is 0 Å². The number of anilines is 2. The molecule has 1 unspecified atom stereocenters. The molecule has 0 aromatic heterocycles. The third-order valence-corrected chi connectivity index (χ3v) is 5.36. The highest BCUT2D eigenvalue weighted by atomic mass is 16.7. The summed E-state index contributed by atoms with van der Waals surface area (Å²) >= 11 is 0. The van der Waals surface area contributed by atoms with Crippen molar-refractivity contribution in [2.45, 2.75) is 33.0 Å². The standard InChI is InChI=1S/C28H28N2O6/c1-4-5-25(35-3)36-28(34)22-12-10-21(11-13-22)27(33)30-24-16-14-23(15-17-24)29-26(32)20-8-6-19(7-9-20)18(2)31/h6-17,25H,4-5H2,1-3H3,(H,29,32)(H,30,33). The van der Waals surface area contributed by atoms with Gasteiger partial charge in [-0.2, -0.15) is 0 Å². The predicted octanol–water partition coefficient (Wildman–Crippen LogP) is 5.32. The maximum atomic E-state index is 12.6. The van der Waals surface area contributed by atoms with E-state index in [0.717, 1.165) is 6.42 Å². The first-order chi connectivity index (χ1) is 17.3. The molecule has 8 nitrogen and oxygen atoms in total. The number of rotatable bonds is 10. The lowest BCUT2D eigenvalue weighted by atomic mass is 10.1. The van der Waals surface area contributed by atoms with E-state index in [9.17, 15) is 19.2 Å². The van der Waals surface area contributed by atoms with Gasteiger partial charge in [-0.05, 0) is 67.6 Å². The molecule has 0 radical (unpaired) electrons. The van der Waals surface area contributed by atoms with Gasteiger partial charge in [0.15, 0.2) is 5.78 Å². The molecule has 2 amide bonds. The fourth-order valence-corrected chi connectivity index (χ4v) is 3.31. The van der Waals surface area contributed by atoms with Gasteiger partial charge >= 0.3 is 5.97 Å². The third kappa shape index (κ3) is 7.10. The van der Waals surface area contributed by atoms with Crippen molar-refractivity contribution in [1.29, 1.82) is 0 Å². The molecule has 0 bridgehead atoms. The zero-order valence-electron chi connectivity index (χ0n) is 20.4. The van der Waals surface area contributed by atoms with Gasteiger partial charge in [-0.1, -0.05) is 25.5 Å². The Morgan fingerprint density at radius 1 is 0.694 bits per heavy atom. The van der Waals surface area contributed by atoms with Gasteiger partial charge in [0.25, 0.3) is 11.8 Å². The minimum absolute atomic E-state index is 0.0688. The lowest BCUT2D eigenvalue weighted by Crippen LogP contribution is -2.20. The summed E-state index contributed by atoms with van der Waals surface area (Å²) in [5, 5.41) is 5.55. The number of carbonyl (C=O) groups excluding carboxylic acids is 4. The van der Waals surface area contributed by atoms with E-state index in [1.165, 1.54) is 26.2 Å². The summed E-state index contributed by atoms with van der Waals surface area (Å²) in [6.45, 7) is 3.43. The van der Waals surface area contributed by atoms with Crippen LogP contribution in [0.3, 0.4) is 0 Å². The Morgan fingerprint density at radius 2 is 1.11 bits per heavy atom. The second kappa shape index (κ2) is 12.4. The molecule has 0 saturated carbocycles. The molecule has 3 aromatic rings. The molecule has 3 rings (SSSR count). The maximum absolute atomic E-state index is 12.6. The van der Waals surface area contributed by atoms with Crippen LogP contribution in [0.2, 0.25) is 0 Å². The van der Waals surface area contributed by atoms with Crippen molar-refractivity contribution in [1.82, 2.24) is 0 Å². The van der Waals surface area contributed by atoms with Gasteiger partial charge in [-0.3, -0.25) is 14.4 Å². The van der Waals surface area contributed by atoms with Crippen molar-refractivity contribution in [3.05, 3.63) is 95.1 Å². The summed E-state index contributed by atoms with van der Waals surface area (Å²) in [6.07, 6.45) is 0.804. The van der Waals surface area contributed by atoms with Gasteiger partial charge in [0.2, 0.25) is 6.29 Å². The van der Waals surface area contributed by atoms with Crippen molar-refractivity contribution in [2.24, 2.45) is 0 Å².